The lowest BCUT2D eigenvalue weighted by molar-refractivity contribution is 0.287. The molecule has 1 fully saturated rings. The minimum Gasteiger partial charge on any atom is -0.312 e. The number of thioether (sulfide) groups is 1. The molecular weight excluding hydrogens is 226 g/mol. The van der Waals surface area contributed by atoms with Gasteiger partial charge < -0.3 is 5.32 Å². The van der Waals surface area contributed by atoms with Gasteiger partial charge in [0.2, 0.25) is 0 Å². The van der Waals surface area contributed by atoms with Gasteiger partial charge in [0.15, 0.2) is 0 Å². The zero-order valence-electron chi connectivity index (χ0n) is 12.2. The van der Waals surface area contributed by atoms with Gasteiger partial charge in [0.25, 0.3) is 0 Å². The van der Waals surface area contributed by atoms with Crippen LogP contribution in [0.4, 0.5) is 0 Å². The smallest absolute Gasteiger partial charge is 0.0237 e. The van der Waals surface area contributed by atoms with Crippen LogP contribution in [0.25, 0.3) is 0 Å². The summed E-state index contributed by atoms with van der Waals surface area (Å²) in [6.45, 7) is 10.6. The van der Waals surface area contributed by atoms with Crippen LogP contribution in [0, 0.1) is 5.41 Å². The van der Waals surface area contributed by atoms with Gasteiger partial charge in [0.05, 0.1) is 0 Å². The van der Waals surface area contributed by atoms with Crippen LogP contribution in [0.3, 0.4) is 0 Å². The predicted octanol–water partition coefficient (Wildman–Crippen LogP) is 4.47. The summed E-state index contributed by atoms with van der Waals surface area (Å²) < 4.78 is 0. The summed E-state index contributed by atoms with van der Waals surface area (Å²) >= 11 is 2.22. The van der Waals surface area contributed by atoms with Crippen LogP contribution in [-0.4, -0.2) is 23.6 Å². The Balaban J connectivity index is 2.36. The monoisotopic (exact) mass is 257 g/mol. The quantitative estimate of drug-likeness (QED) is 0.644. The number of unbranched alkanes of at least 4 members (excludes halogenated alkanes) is 2. The normalized spacial score (nSPS) is 27.5. The Morgan fingerprint density at radius 2 is 1.94 bits per heavy atom. The molecule has 2 heteroatoms. The van der Waals surface area contributed by atoms with Gasteiger partial charge in [-0.05, 0) is 43.4 Å². The van der Waals surface area contributed by atoms with Gasteiger partial charge in [-0.25, -0.2) is 0 Å². The molecule has 17 heavy (non-hydrogen) atoms. The van der Waals surface area contributed by atoms with Crippen LogP contribution in [0.1, 0.15) is 66.2 Å². The molecule has 1 nitrogen and oxygen atoms in total. The molecule has 0 spiro atoms. The second-order valence-electron chi connectivity index (χ2n) is 6.08. The van der Waals surface area contributed by atoms with Crippen molar-refractivity contribution < 1.29 is 0 Å². The molecule has 0 aromatic rings. The Morgan fingerprint density at radius 3 is 2.59 bits per heavy atom. The van der Waals surface area contributed by atoms with E-state index in [2.05, 4.69) is 44.8 Å². The average molecular weight is 257 g/mol. The van der Waals surface area contributed by atoms with Crippen molar-refractivity contribution in [3.63, 3.8) is 0 Å². The van der Waals surface area contributed by atoms with E-state index in [1.54, 1.807) is 0 Å². The largest absolute Gasteiger partial charge is 0.312 e. The van der Waals surface area contributed by atoms with Gasteiger partial charge in [0, 0.05) is 11.3 Å². The zero-order chi connectivity index (χ0) is 12.7. The summed E-state index contributed by atoms with van der Waals surface area (Å²) in [7, 11) is 0. The molecule has 1 aliphatic carbocycles. The molecule has 0 amide bonds. The fourth-order valence-corrected chi connectivity index (χ4v) is 4.43. The fraction of sp³-hybridized carbons (Fsp3) is 1.00. The number of nitrogens with one attached hydrogen (secondary N) is 1. The lowest BCUT2D eigenvalue weighted by Crippen LogP contribution is -2.43. The average Bonchev–Trinajstić information content (AvgIpc) is 2.57. The minimum atomic E-state index is 0.498. The first-order valence-corrected chi connectivity index (χ1v) is 8.51. The number of hydrogen-bond donors (Lipinski definition) is 1. The second kappa shape index (κ2) is 7.68. The van der Waals surface area contributed by atoms with Crippen molar-refractivity contribution in [1.29, 1.82) is 0 Å². The third kappa shape index (κ3) is 4.82. The molecule has 0 bridgehead atoms. The molecule has 1 saturated carbocycles. The third-order valence-corrected chi connectivity index (χ3v) is 5.44. The number of hydrogen-bond acceptors (Lipinski definition) is 2. The molecule has 1 rings (SSSR count). The van der Waals surface area contributed by atoms with Crippen molar-refractivity contribution >= 4 is 11.8 Å². The van der Waals surface area contributed by atoms with E-state index < -0.39 is 0 Å². The van der Waals surface area contributed by atoms with Crippen LogP contribution in [0.2, 0.25) is 0 Å². The van der Waals surface area contributed by atoms with E-state index in [1.165, 1.54) is 50.8 Å². The molecule has 2 atom stereocenters. The minimum absolute atomic E-state index is 0.498. The van der Waals surface area contributed by atoms with Crippen LogP contribution < -0.4 is 5.32 Å². The fourth-order valence-electron chi connectivity index (χ4n) is 2.81. The molecular formula is C15H31NS. The summed E-state index contributed by atoms with van der Waals surface area (Å²) in [6, 6.07) is 0.731. The van der Waals surface area contributed by atoms with Gasteiger partial charge in [-0.15, -0.1) is 0 Å². The summed E-state index contributed by atoms with van der Waals surface area (Å²) in [5, 5.41) is 4.65. The molecule has 0 aliphatic heterocycles. The summed E-state index contributed by atoms with van der Waals surface area (Å²) in [5.41, 5.74) is 0.498. The highest BCUT2D eigenvalue weighted by Gasteiger charge is 2.41. The molecule has 0 heterocycles. The van der Waals surface area contributed by atoms with Gasteiger partial charge in [-0.2, -0.15) is 11.8 Å². The van der Waals surface area contributed by atoms with Crippen molar-refractivity contribution in [3.8, 4) is 0 Å². The maximum atomic E-state index is 3.79. The molecule has 0 saturated heterocycles. The Morgan fingerprint density at radius 1 is 1.18 bits per heavy atom. The first-order chi connectivity index (χ1) is 8.11. The van der Waals surface area contributed by atoms with Crippen molar-refractivity contribution in [3.05, 3.63) is 0 Å². The van der Waals surface area contributed by atoms with Crippen LogP contribution in [-0.2, 0) is 0 Å². The van der Waals surface area contributed by atoms with Gasteiger partial charge in [-0.1, -0.05) is 40.5 Å². The summed E-state index contributed by atoms with van der Waals surface area (Å²) in [5.74, 6) is 1.36. The molecule has 0 aromatic heterocycles. The highest BCUT2D eigenvalue weighted by molar-refractivity contribution is 7.99. The van der Waals surface area contributed by atoms with Gasteiger partial charge in [0.1, 0.15) is 0 Å². The summed E-state index contributed by atoms with van der Waals surface area (Å²) in [4.78, 5) is 0. The van der Waals surface area contributed by atoms with E-state index in [4.69, 9.17) is 0 Å². The lowest BCUT2D eigenvalue weighted by Gasteiger charge is -2.31. The molecule has 0 aromatic carbocycles. The molecule has 102 valence electrons. The van der Waals surface area contributed by atoms with Crippen molar-refractivity contribution in [2.75, 3.05) is 12.3 Å². The first-order valence-electron chi connectivity index (χ1n) is 7.46. The number of rotatable bonds is 8. The predicted molar refractivity (Wildman–Crippen MR) is 80.9 cm³/mol. The van der Waals surface area contributed by atoms with Crippen LogP contribution >= 0.6 is 11.8 Å². The van der Waals surface area contributed by atoms with Crippen LogP contribution in [0.5, 0.6) is 0 Å². The first kappa shape index (κ1) is 15.4. The van der Waals surface area contributed by atoms with E-state index >= 15 is 0 Å². The highest BCUT2D eigenvalue weighted by Crippen LogP contribution is 2.43. The molecule has 1 aliphatic rings. The van der Waals surface area contributed by atoms with E-state index in [9.17, 15) is 0 Å². The van der Waals surface area contributed by atoms with Crippen LogP contribution in [0.15, 0.2) is 0 Å². The van der Waals surface area contributed by atoms with Crippen molar-refractivity contribution in [1.82, 2.24) is 5.32 Å². The Bertz CT molecular complexity index is 203. The second-order valence-corrected chi connectivity index (χ2v) is 7.42. The maximum Gasteiger partial charge on any atom is 0.0237 e. The van der Waals surface area contributed by atoms with Gasteiger partial charge >= 0.3 is 0 Å². The highest BCUT2D eigenvalue weighted by atomic mass is 32.2. The van der Waals surface area contributed by atoms with Gasteiger partial charge in [-0.3, -0.25) is 0 Å². The molecule has 1 N–H and O–H groups in total. The van der Waals surface area contributed by atoms with Crippen molar-refractivity contribution in [2.24, 2.45) is 5.41 Å². The van der Waals surface area contributed by atoms with E-state index in [0.29, 0.717) is 5.41 Å². The molecule has 2 unspecified atom stereocenters. The standard InChI is InChI=1S/C15H31NS/c1-5-7-8-12-17-13-9-10-15(3,4)14(13)16-11-6-2/h13-14,16H,5-12H2,1-4H3. The Kier molecular flexibility index (Phi) is 6.94. The van der Waals surface area contributed by atoms with E-state index in [0.717, 1.165) is 11.3 Å². The SMILES string of the molecule is CCCCCSC1CCC(C)(C)C1NCCC. The van der Waals surface area contributed by atoms with E-state index in [1.807, 2.05) is 0 Å². The molecule has 0 radical (unpaired) electrons. The lowest BCUT2D eigenvalue weighted by atomic mass is 9.87. The Labute approximate surface area is 113 Å². The third-order valence-electron chi connectivity index (χ3n) is 3.98. The zero-order valence-corrected chi connectivity index (χ0v) is 13.0. The topological polar surface area (TPSA) is 12.0 Å². The summed E-state index contributed by atoms with van der Waals surface area (Å²) in [6.07, 6.45) is 8.19. The van der Waals surface area contributed by atoms with E-state index in [-0.39, 0.29) is 0 Å². The van der Waals surface area contributed by atoms with Crippen molar-refractivity contribution in [2.45, 2.75) is 77.5 Å². The Hall–Kier alpha value is 0.310. The maximum absolute atomic E-state index is 3.79.